The van der Waals surface area contributed by atoms with Crippen molar-refractivity contribution in [1.29, 1.82) is 0 Å². The molecule has 0 aromatic carbocycles. The predicted molar refractivity (Wildman–Crippen MR) is 312 cm³/mol. The summed E-state index contributed by atoms with van der Waals surface area (Å²) < 4.78 is 40.7. The average molecular weight is 1050 g/mol. The van der Waals surface area contributed by atoms with Gasteiger partial charge < -0.3 is 43.4 Å². The number of unbranched alkanes of at least 4 members (excludes halogenated alkanes) is 29. The first kappa shape index (κ1) is 72.0. The van der Waals surface area contributed by atoms with E-state index in [2.05, 4.69) is 50.4 Å². The zero-order valence-electron chi connectivity index (χ0n) is 49.7. The maximum absolute atomic E-state index is 13.8. The highest BCUT2D eigenvalue weighted by molar-refractivity contribution is 5.76. The van der Waals surface area contributed by atoms with Crippen LogP contribution in [0, 0.1) is 0 Å². The highest BCUT2D eigenvalue weighted by Gasteiger charge is 2.20. The first-order valence-corrected chi connectivity index (χ1v) is 31.3. The molecule has 1 N–H and O–H groups in total. The number of allylic oxidation sites excluding steroid dienone is 4. The molecule has 0 bridgehead atoms. The van der Waals surface area contributed by atoms with E-state index in [0.29, 0.717) is 85.6 Å². The van der Waals surface area contributed by atoms with Crippen molar-refractivity contribution < 1.29 is 42.7 Å². The first-order chi connectivity index (χ1) is 36.2. The largest absolute Gasteiger partial charge is 0.444 e. The molecule has 0 saturated heterocycles. The predicted octanol–water partition coefficient (Wildman–Crippen LogP) is 16.6. The van der Waals surface area contributed by atoms with Gasteiger partial charge in [-0.1, -0.05) is 193 Å². The molecule has 0 aliphatic rings. The summed E-state index contributed by atoms with van der Waals surface area (Å²) in [6.07, 6.45) is 52.6. The number of nitrogens with one attached hydrogen (secondary N) is 1. The molecule has 1 unspecified atom stereocenters. The summed E-state index contributed by atoms with van der Waals surface area (Å²) in [5, 5.41) is 2.67. The highest BCUT2D eigenvalue weighted by Crippen LogP contribution is 2.15. The molecule has 0 saturated carbocycles. The monoisotopic (exact) mass is 1050 g/mol. The number of alkyl carbamates (subject to hydrolysis) is 1. The SMILES string of the molecule is CCCCCCCC/C=C\CCCCCCCCOCC(CN(CCCCCCCC)C(=O)CCOCCOCCOCCOCCNC(=O)OC(C)(C)C)OCCCCCCCC/C=C\CCCCCCCC. The average Bonchev–Trinajstić information content (AvgIpc) is 3.37. The number of ether oxygens (including phenoxy) is 7. The van der Waals surface area contributed by atoms with Gasteiger partial charge in [-0.15, -0.1) is 0 Å². The van der Waals surface area contributed by atoms with Gasteiger partial charge in [0.05, 0.1) is 72.0 Å². The van der Waals surface area contributed by atoms with Crippen molar-refractivity contribution in [1.82, 2.24) is 10.2 Å². The van der Waals surface area contributed by atoms with Crippen LogP contribution in [0.25, 0.3) is 0 Å². The van der Waals surface area contributed by atoms with Crippen LogP contribution in [-0.2, 0) is 38.0 Å². The normalized spacial score (nSPS) is 12.4. The first-order valence-electron chi connectivity index (χ1n) is 31.3. The van der Waals surface area contributed by atoms with Gasteiger partial charge >= 0.3 is 6.09 Å². The second kappa shape index (κ2) is 58.7. The second-order valence-corrected chi connectivity index (χ2v) is 21.7. The van der Waals surface area contributed by atoms with Crippen molar-refractivity contribution >= 4 is 12.0 Å². The topological polar surface area (TPSA) is 114 Å². The number of rotatable bonds is 59. The Labute approximate surface area is 457 Å². The van der Waals surface area contributed by atoms with Crippen LogP contribution in [0.3, 0.4) is 0 Å². The molecule has 0 rings (SSSR count). The molecule has 11 nitrogen and oxygen atoms in total. The molecule has 0 aliphatic heterocycles. The molecule has 11 heteroatoms. The van der Waals surface area contributed by atoms with E-state index in [1.807, 2.05) is 25.7 Å². The summed E-state index contributed by atoms with van der Waals surface area (Å²) in [6, 6.07) is 0. The number of hydrogen-bond donors (Lipinski definition) is 1. The lowest BCUT2D eigenvalue weighted by Crippen LogP contribution is -2.41. The fourth-order valence-corrected chi connectivity index (χ4v) is 8.68. The Morgan fingerprint density at radius 1 is 0.432 bits per heavy atom. The minimum atomic E-state index is -0.523. The molecule has 0 fully saturated rings. The van der Waals surface area contributed by atoms with Crippen molar-refractivity contribution in [2.45, 2.75) is 278 Å². The maximum atomic E-state index is 13.8. The fourth-order valence-electron chi connectivity index (χ4n) is 8.68. The van der Waals surface area contributed by atoms with E-state index in [9.17, 15) is 9.59 Å². The van der Waals surface area contributed by atoms with Gasteiger partial charge in [0.2, 0.25) is 5.91 Å². The Hall–Kier alpha value is -2.02. The number of nitrogens with zero attached hydrogens (tertiary/aromatic N) is 1. The molecule has 0 heterocycles. The molecule has 0 spiro atoms. The van der Waals surface area contributed by atoms with Crippen LogP contribution >= 0.6 is 0 Å². The third kappa shape index (κ3) is 57.7. The number of carbonyl (C=O) groups excluding carboxylic acids is 2. The van der Waals surface area contributed by atoms with E-state index >= 15 is 0 Å². The summed E-state index contributed by atoms with van der Waals surface area (Å²) in [5.74, 6) is 0.120. The summed E-state index contributed by atoms with van der Waals surface area (Å²) >= 11 is 0. The minimum Gasteiger partial charge on any atom is -0.444 e. The number of hydrogen-bond acceptors (Lipinski definition) is 9. The molecule has 0 aromatic heterocycles. The van der Waals surface area contributed by atoms with Gasteiger partial charge in [0.25, 0.3) is 0 Å². The Morgan fingerprint density at radius 2 is 0.811 bits per heavy atom. The molecule has 0 aromatic rings. The highest BCUT2D eigenvalue weighted by atomic mass is 16.6. The summed E-state index contributed by atoms with van der Waals surface area (Å²) in [7, 11) is 0. The zero-order valence-corrected chi connectivity index (χ0v) is 49.7. The third-order valence-corrected chi connectivity index (χ3v) is 13.2. The van der Waals surface area contributed by atoms with Crippen LogP contribution in [0.1, 0.15) is 266 Å². The maximum Gasteiger partial charge on any atom is 0.407 e. The fraction of sp³-hybridized carbons (Fsp3) is 0.905. The van der Waals surface area contributed by atoms with E-state index in [4.69, 9.17) is 33.2 Å². The number of carbonyl (C=O) groups is 2. The van der Waals surface area contributed by atoms with Crippen LogP contribution in [0.5, 0.6) is 0 Å². The van der Waals surface area contributed by atoms with E-state index in [-0.39, 0.29) is 12.0 Å². The van der Waals surface area contributed by atoms with Gasteiger partial charge in [-0.05, 0) is 91.4 Å². The lowest BCUT2D eigenvalue weighted by molar-refractivity contribution is -0.135. The van der Waals surface area contributed by atoms with Crippen molar-refractivity contribution in [3.63, 3.8) is 0 Å². The van der Waals surface area contributed by atoms with Gasteiger partial charge in [-0.25, -0.2) is 4.79 Å². The van der Waals surface area contributed by atoms with Gasteiger partial charge in [0, 0.05) is 32.8 Å². The standard InChI is InChI=1S/C63H122N2O9/c1-7-10-13-16-19-21-23-25-27-29-31-33-35-37-40-43-48-72-59-60(73-49-44-41-38-36-34-32-30-28-26-24-22-20-17-14-11-8-2)58-65(47-42-39-18-15-12-9-3)61(66)45-50-68-52-54-70-56-57-71-55-53-69-51-46-64-62(67)74-63(4,5)6/h25-28,60H,7-24,29-59H2,1-6H3,(H,64,67)/b27-25-,28-26-. The quantitative estimate of drug-likeness (QED) is 0.0470. The van der Waals surface area contributed by atoms with Crippen LogP contribution in [0.15, 0.2) is 24.3 Å². The lowest BCUT2D eigenvalue weighted by Gasteiger charge is -2.28. The zero-order chi connectivity index (χ0) is 53.9. The molecule has 0 radical (unpaired) electrons. The van der Waals surface area contributed by atoms with Crippen LogP contribution in [-0.4, -0.2) is 121 Å². The summed E-state index contributed by atoms with van der Waals surface area (Å²) in [5.41, 5.74) is -0.523. The second-order valence-electron chi connectivity index (χ2n) is 21.7. The van der Waals surface area contributed by atoms with Crippen LogP contribution in [0.2, 0.25) is 0 Å². The Bertz CT molecular complexity index is 1210. The summed E-state index contributed by atoms with van der Waals surface area (Å²) in [6.45, 7) is 19.3. The van der Waals surface area contributed by atoms with Gasteiger partial charge in [0.15, 0.2) is 0 Å². The Morgan fingerprint density at radius 3 is 1.26 bits per heavy atom. The molecule has 0 aliphatic carbocycles. The molecule has 74 heavy (non-hydrogen) atoms. The van der Waals surface area contributed by atoms with Gasteiger partial charge in [0.1, 0.15) is 5.60 Å². The lowest BCUT2D eigenvalue weighted by atomic mass is 10.1. The molecular formula is C63H122N2O9. The van der Waals surface area contributed by atoms with Crippen molar-refractivity contribution in [3.8, 4) is 0 Å². The molecule has 2 amide bonds. The molecule has 1 atom stereocenters. The van der Waals surface area contributed by atoms with E-state index < -0.39 is 11.7 Å². The van der Waals surface area contributed by atoms with Crippen molar-refractivity contribution in [3.05, 3.63) is 24.3 Å². The van der Waals surface area contributed by atoms with Crippen molar-refractivity contribution in [2.24, 2.45) is 0 Å². The molecule has 438 valence electrons. The van der Waals surface area contributed by atoms with Gasteiger partial charge in [-0.3, -0.25) is 4.79 Å². The summed E-state index contributed by atoms with van der Waals surface area (Å²) in [4.78, 5) is 27.5. The third-order valence-electron chi connectivity index (χ3n) is 13.2. The van der Waals surface area contributed by atoms with Crippen LogP contribution < -0.4 is 5.32 Å². The van der Waals surface area contributed by atoms with E-state index in [0.717, 1.165) is 38.8 Å². The van der Waals surface area contributed by atoms with E-state index in [1.165, 1.54) is 193 Å². The number of amides is 2. The van der Waals surface area contributed by atoms with Crippen molar-refractivity contribution in [2.75, 3.05) is 92.3 Å². The Balaban J connectivity index is 4.80. The van der Waals surface area contributed by atoms with Crippen LogP contribution in [0.4, 0.5) is 4.79 Å². The van der Waals surface area contributed by atoms with Gasteiger partial charge in [-0.2, -0.15) is 0 Å². The Kier molecular flexibility index (Phi) is 57.1. The minimum absolute atomic E-state index is 0.120. The smallest absolute Gasteiger partial charge is 0.407 e. The van der Waals surface area contributed by atoms with E-state index in [1.54, 1.807) is 0 Å². The molecular weight excluding hydrogens is 929 g/mol.